The van der Waals surface area contributed by atoms with Crippen LogP contribution in [0.5, 0.6) is 0 Å². The van der Waals surface area contributed by atoms with E-state index in [2.05, 4.69) is 258 Å². The summed E-state index contributed by atoms with van der Waals surface area (Å²) in [7, 11) is 0. The molecule has 0 fully saturated rings. The van der Waals surface area contributed by atoms with Crippen molar-refractivity contribution in [2.45, 2.75) is 52.4 Å². The molecule has 11 aromatic carbocycles. The maximum absolute atomic E-state index is 6.91. The lowest BCUT2D eigenvalue weighted by atomic mass is 9.82. The van der Waals surface area contributed by atoms with Crippen molar-refractivity contribution in [3.63, 3.8) is 0 Å². The van der Waals surface area contributed by atoms with Crippen LogP contribution in [0, 0.1) is 13.8 Å². The summed E-state index contributed by atoms with van der Waals surface area (Å²) in [5.41, 5.74) is 22.9. The number of anilines is 6. The fraction of sp³-hybridized carbons (Fsp3) is 0.114. The first kappa shape index (κ1) is 42.8. The Kier molecular flexibility index (Phi) is 8.87. The second-order valence-electron chi connectivity index (χ2n) is 21.8. The predicted molar refractivity (Wildman–Crippen MR) is 310 cm³/mol. The first-order valence-corrected chi connectivity index (χ1v) is 25.9. The van der Waals surface area contributed by atoms with Crippen LogP contribution in [-0.2, 0) is 10.8 Å². The fourth-order valence-corrected chi connectivity index (χ4v) is 13.0. The predicted octanol–water partition coefficient (Wildman–Crippen LogP) is 20.0. The number of benzene rings is 11. The standard InChI is InChI=1S/C70H52N2O2/c1-41-15-7-13-21-63(41)71(49-27-29-53-51-17-9-11-19-59(51)69(3,4)61(53)39-49)47-25-23-43-35-57-55-31-32-56-58-36-44-24-26-48(34-46(44)38-66(58)74-68(56)67(55)73-65(57)37-45(43)33-47)72(64-22-14-8-16-42(64)2)50-28-30-54-52-18-10-12-20-60(52)70(5,6)62(54)40-50/h7-40H,1-6H3. The normalized spacial score (nSPS) is 14.0. The lowest BCUT2D eigenvalue weighted by Crippen LogP contribution is -2.16. The monoisotopic (exact) mass is 952 g/mol. The summed E-state index contributed by atoms with van der Waals surface area (Å²) in [5, 5.41) is 8.76. The zero-order valence-corrected chi connectivity index (χ0v) is 42.3. The van der Waals surface area contributed by atoms with Gasteiger partial charge in [-0.25, -0.2) is 0 Å². The molecule has 4 nitrogen and oxygen atoms in total. The highest BCUT2D eigenvalue weighted by Crippen LogP contribution is 2.53. The molecule has 0 radical (unpaired) electrons. The molecule has 0 N–H and O–H groups in total. The molecule has 4 heteroatoms. The summed E-state index contributed by atoms with van der Waals surface area (Å²) in [6.45, 7) is 13.8. The molecule has 0 amide bonds. The Balaban J connectivity index is 0.831. The van der Waals surface area contributed by atoms with Gasteiger partial charge >= 0.3 is 0 Å². The number of fused-ring (bicyclic) bond motifs is 15. The van der Waals surface area contributed by atoms with Gasteiger partial charge in [-0.3, -0.25) is 0 Å². The van der Waals surface area contributed by atoms with Gasteiger partial charge in [0.05, 0.1) is 0 Å². The summed E-state index contributed by atoms with van der Waals surface area (Å²) in [4.78, 5) is 4.82. The molecule has 2 aliphatic rings. The average molecular weight is 953 g/mol. The lowest BCUT2D eigenvalue weighted by Gasteiger charge is -2.29. The second kappa shape index (κ2) is 15.3. The Morgan fingerprint density at radius 1 is 0.311 bits per heavy atom. The van der Waals surface area contributed by atoms with Gasteiger partial charge in [0.25, 0.3) is 0 Å². The molecule has 0 spiro atoms. The maximum Gasteiger partial charge on any atom is 0.178 e. The summed E-state index contributed by atoms with van der Waals surface area (Å²) in [6, 6.07) is 76.1. The van der Waals surface area contributed by atoms with Crippen molar-refractivity contribution < 1.29 is 8.83 Å². The Labute approximate surface area is 430 Å². The van der Waals surface area contributed by atoms with Crippen molar-refractivity contribution in [1.82, 2.24) is 0 Å². The van der Waals surface area contributed by atoms with Gasteiger partial charge in [0.1, 0.15) is 11.2 Å². The molecule has 0 aliphatic heterocycles. The summed E-state index contributed by atoms with van der Waals surface area (Å²) in [6.07, 6.45) is 0. The number of hydrogen-bond acceptors (Lipinski definition) is 4. The molecule has 74 heavy (non-hydrogen) atoms. The van der Waals surface area contributed by atoms with Crippen molar-refractivity contribution in [1.29, 1.82) is 0 Å². The van der Waals surface area contributed by atoms with Crippen LogP contribution in [0.3, 0.4) is 0 Å². The number of para-hydroxylation sites is 2. The van der Waals surface area contributed by atoms with Crippen LogP contribution in [0.1, 0.15) is 61.1 Å². The van der Waals surface area contributed by atoms with Gasteiger partial charge in [-0.2, -0.15) is 0 Å². The quantitative estimate of drug-likeness (QED) is 0.166. The van der Waals surface area contributed by atoms with Crippen LogP contribution in [0.2, 0.25) is 0 Å². The molecule has 0 bridgehead atoms. The van der Waals surface area contributed by atoms with Crippen molar-refractivity contribution in [2.24, 2.45) is 0 Å². The van der Waals surface area contributed by atoms with Gasteiger partial charge in [0, 0.05) is 66.5 Å². The minimum Gasteiger partial charge on any atom is -0.452 e. The largest absolute Gasteiger partial charge is 0.452 e. The van der Waals surface area contributed by atoms with Crippen molar-refractivity contribution >= 4 is 99.5 Å². The summed E-state index contributed by atoms with van der Waals surface area (Å²) >= 11 is 0. The van der Waals surface area contributed by atoms with Crippen LogP contribution >= 0.6 is 0 Å². The molecule has 0 atom stereocenters. The van der Waals surface area contributed by atoms with E-state index in [4.69, 9.17) is 8.83 Å². The molecule has 2 aromatic heterocycles. The summed E-state index contributed by atoms with van der Waals surface area (Å²) in [5.74, 6) is 0. The van der Waals surface area contributed by atoms with Crippen LogP contribution in [0.15, 0.2) is 215 Å². The molecule has 0 saturated carbocycles. The van der Waals surface area contributed by atoms with Crippen molar-refractivity contribution in [2.75, 3.05) is 9.80 Å². The van der Waals surface area contributed by atoms with Crippen molar-refractivity contribution in [3.05, 3.63) is 240 Å². The van der Waals surface area contributed by atoms with E-state index < -0.39 is 0 Å². The smallest absolute Gasteiger partial charge is 0.178 e. The minimum atomic E-state index is -0.114. The molecule has 0 unspecified atom stereocenters. The van der Waals surface area contributed by atoms with Crippen LogP contribution in [-0.4, -0.2) is 0 Å². The fourth-order valence-electron chi connectivity index (χ4n) is 13.0. The SMILES string of the molecule is Cc1ccccc1N(c1ccc2c(c1)C(C)(C)c1ccccc1-2)c1ccc2cc3c(cc2c1)oc1c3ccc2c3cc4ccc(N(c5ccc6c(c5)C(C)(C)c5ccccc5-6)c5ccccc5C)cc4cc3oc21. The molecular weight excluding hydrogens is 901 g/mol. The van der Waals surface area contributed by atoms with Gasteiger partial charge in [0.15, 0.2) is 11.2 Å². The van der Waals surface area contributed by atoms with E-state index in [-0.39, 0.29) is 10.8 Å². The van der Waals surface area contributed by atoms with Gasteiger partial charge in [0.2, 0.25) is 0 Å². The zero-order valence-electron chi connectivity index (χ0n) is 42.3. The van der Waals surface area contributed by atoms with Crippen LogP contribution < -0.4 is 9.80 Å². The second-order valence-corrected chi connectivity index (χ2v) is 21.8. The van der Waals surface area contributed by atoms with Gasteiger partial charge in [-0.05, 0) is 188 Å². The average Bonchev–Trinajstić information content (AvgIpc) is 4.11. The first-order valence-electron chi connectivity index (χ1n) is 25.9. The number of hydrogen-bond donors (Lipinski definition) is 0. The van der Waals surface area contributed by atoms with Gasteiger partial charge in [-0.15, -0.1) is 0 Å². The minimum absolute atomic E-state index is 0.114. The zero-order chi connectivity index (χ0) is 49.8. The van der Waals surface area contributed by atoms with Crippen LogP contribution in [0.25, 0.3) is 87.7 Å². The van der Waals surface area contributed by atoms with Crippen molar-refractivity contribution in [3.8, 4) is 22.3 Å². The Hall–Kier alpha value is -8.86. The number of rotatable bonds is 6. The van der Waals surface area contributed by atoms with E-state index in [1.807, 2.05) is 0 Å². The third kappa shape index (κ3) is 6.09. The lowest BCUT2D eigenvalue weighted by molar-refractivity contribution is 0.634. The number of nitrogens with zero attached hydrogens (tertiary/aromatic N) is 2. The molecule has 2 aliphatic carbocycles. The summed E-state index contributed by atoms with van der Waals surface area (Å²) < 4.78 is 13.8. The van der Waals surface area contributed by atoms with Crippen LogP contribution in [0.4, 0.5) is 34.1 Å². The molecule has 0 saturated heterocycles. The molecule has 15 rings (SSSR count). The Morgan fingerprint density at radius 2 is 0.689 bits per heavy atom. The van der Waals surface area contributed by atoms with Gasteiger partial charge in [-0.1, -0.05) is 137 Å². The van der Waals surface area contributed by atoms with E-state index in [1.165, 1.54) is 55.6 Å². The molecule has 13 aromatic rings. The highest BCUT2D eigenvalue weighted by Gasteiger charge is 2.37. The Bertz CT molecular complexity index is 4260. The highest BCUT2D eigenvalue weighted by molar-refractivity contribution is 6.21. The molecule has 2 heterocycles. The number of aryl methyl sites for hydroxylation is 2. The van der Waals surface area contributed by atoms with E-state index in [0.717, 1.165) is 99.5 Å². The topological polar surface area (TPSA) is 32.8 Å². The third-order valence-corrected chi connectivity index (χ3v) is 16.8. The molecule has 354 valence electrons. The third-order valence-electron chi connectivity index (χ3n) is 16.8. The Morgan fingerprint density at radius 3 is 1.14 bits per heavy atom. The van der Waals surface area contributed by atoms with E-state index in [1.54, 1.807) is 0 Å². The van der Waals surface area contributed by atoms with E-state index in [0.29, 0.717) is 0 Å². The van der Waals surface area contributed by atoms with E-state index >= 15 is 0 Å². The highest BCUT2D eigenvalue weighted by atomic mass is 16.4. The molecular formula is C70H52N2O2. The van der Waals surface area contributed by atoms with Gasteiger partial charge < -0.3 is 18.6 Å². The van der Waals surface area contributed by atoms with E-state index in [9.17, 15) is 0 Å². The number of furan rings is 2. The first-order chi connectivity index (χ1) is 36.0. The maximum atomic E-state index is 6.91.